The minimum Gasteiger partial charge on any atom is -0.493 e. The molecular formula is C26H26N4O2. The Bertz CT molecular complexity index is 1220. The molecule has 6 heteroatoms. The van der Waals surface area contributed by atoms with Crippen LogP contribution in [0.2, 0.25) is 0 Å². The third kappa shape index (κ3) is 4.08. The highest BCUT2D eigenvalue weighted by atomic mass is 16.5. The van der Waals surface area contributed by atoms with Crippen LogP contribution in [0.25, 0.3) is 22.6 Å². The number of nitrogens with zero attached hydrogens (tertiary/aromatic N) is 3. The maximum absolute atomic E-state index is 12.2. The fourth-order valence-corrected chi connectivity index (χ4v) is 4.45. The molecule has 1 fully saturated rings. The number of nitrogens with one attached hydrogen (secondary N) is 1. The van der Waals surface area contributed by atoms with E-state index in [0.717, 1.165) is 59.7 Å². The lowest BCUT2D eigenvalue weighted by Crippen LogP contribution is -2.28. The minimum absolute atomic E-state index is 0.0187. The van der Waals surface area contributed by atoms with Gasteiger partial charge in [0.15, 0.2) is 5.82 Å². The number of hydrogen-bond donors (Lipinski definition) is 1. The van der Waals surface area contributed by atoms with Crippen molar-refractivity contribution in [1.29, 1.82) is 0 Å². The standard InChI is InChI=1S/C26H26N4O2/c1-18(31)30-14-7-11-24(30)20-16-22-23(29-26(28-22)21-10-5-6-13-27-21)17-25(20)32-15-12-19-8-3-2-4-9-19/h2-6,8-10,13,16-17,24H,7,11-12,14-15H2,1H3,(H,28,29). The molecule has 1 unspecified atom stereocenters. The normalized spacial score (nSPS) is 15.9. The summed E-state index contributed by atoms with van der Waals surface area (Å²) in [7, 11) is 0. The van der Waals surface area contributed by atoms with Gasteiger partial charge in [0.1, 0.15) is 11.4 Å². The monoisotopic (exact) mass is 426 g/mol. The molecule has 32 heavy (non-hydrogen) atoms. The van der Waals surface area contributed by atoms with Gasteiger partial charge in [-0.05, 0) is 36.6 Å². The summed E-state index contributed by atoms with van der Waals surface area (Å²) in [5.74, 6) is 1.62. The molecule has 0 bridgehead atoms. The van der Waals surface area contributed by atoms with Crippen LogP contribution in [0.5, 0.6) is 5.75 Å². The highest BCUT2D eigenvalue weighted by Crippen LogP contribution is 2.39. The lowest BCUT2D eigenvalue weighted by molar-refractivity contribution is -0.129. The summed E-state index contributed by atoms with van der Waals surface area (Å²) in [5, 5.41) is 0. The van der Waals surface area contributed by atoms with E-state index in [4.69, 9.17) is 9.72 Å². The van der Waals surface area contributed by atoms with Crippen molar-refractivity contribution in [2.45, 2.75) is 32.2 Å². The van der Waals surface area contributed by atoms with Crippen LogP contribution in [0, 0.1) is 0 Å². The van der Waals surface area contributed by atoms with Crippen LogP contribution in [-0.4, -0.2) is 38.9 Å². The number of carbonyl (C=O) groups excluding carboxylic acids is 1. The first kappa shape index (κ1) is 20.2. The molecule has 0 spiro atoms. The maximum atomic E-state index is 12.2. The molecule has 6 nitrogen and oxygen atoms in total. The molecule has 1 atom stereocenters. The number of rotatable bonds is 6. The molecule has 162 valence electrons. The van der Waals surface area contributed by atoms with Crippen molar-refractivity contribution in [3.05, 3.63) is 78.0 Å². The summed E-state index contributed by atoms with van der Waals surface area (Å²) < 4.78 is 6.30. The van der Waals surface area contributed by atoms with Gasteiger partial charge in [-0.1, -0.05) is 36.4 Å². The number of H-pyrrole nitrogens is 1. The molecule has 2 aromatic carbocycles. The average Bonchev–Trinajstić information content (AvgIpc) is 3.47. The first-order valence-corrected chi connectivity index (χ1v) is 11.1. The van der Waals surface area contributed by atoms with E-state index < -0.39 is 0 Å². The third-order valence-corrected chi connectivity index (χ3v) is 6.03. The Balaban J connectivity index is 1.50. The van der Waals surface area contributed by atoms with Crippen LogP contribution in [0.3, 0.4) is 0 Å². The van der Waals surface area contributed by atoms with Crippen LogP contribution in [0.15, 0.2) is 66.9 Å². The Morgan fingerprint density at radius 3 is 2.78 bits per heavy atom. The van der Waals surface area contributed by atoms with Gasteiger partial charge in [0.25, 0.3) is 0 Å². The van der Waals surface area contributed by atoms with Crippen molar-refractivity contribution < 1.29 is 9.53 Å². The van der Waals surface area contributed by atoms with E-state index in [0.29, 0.717) is 6.61 Å². The van der Waals surface area contributed by atoms with Crippen molar-refractivity contribution in [2.24, 2.45) is 0 Å². The summed E-state index contributed by atoms with van der Waals surface area (Å²) >= 11 is 0. The fraction of sp³-hybridized carbons (Fsp3) is 0.269. The summed E-state index contributed by atoms with van der Waals surface area (Å²) in [6.07, 6.45) is 4.50. The molecular weight excluding hydrogens is 400 g/mol. The number of pyridine rings is 1. The first-order valence-electron chi connectivity index (χ1n) is 11.1. The van der Waals surface area contributed by atoms with Crippen LogP contribution in [0.4, 0.5) is 0 Å². The number of likely N-dealkylation sites (tertiary alicyclic amines) is 1. The molecule has 1 saturated heterocycles. The number of hydrogen-bond acceptors (Lipinski definition) is 4. The van der Waals surface area contributed by atoms with Gasteiger partial charge in [0.05, 0.1) is 23.7 Å². The highest BCUT2D eigenvalue weighted by molar-refractivity contribution is 5.82. The Morgan fingerprint density at radius 1 is 1.16 bits per heavy atom. The van der Waals surface area contributed by atoms with Crippen LogP contribution in [0.1, 0.15) is 36.9 Å². The zero-order valence-electron chi connectivity index (χ0n) is 18.1. The van der Waals surface area contributed by atoms with Crippen molar-refractivity contribution in [2.75, 3.05) is 13.2 Å². The Labute approximate surface area is 187 Å². The number of imidazole rings is 1. The van der Waals surface area contributed by atoms with Gasteiger partial charge in [-0.3, -0.25) is 9.78 Å². The second kappa shape index (κ2) is 8.83. The summed E-state index contributed by atoms with van der Waals surface area (Å²) in [4.78, 5) is 26.8. The number of aromatic amines is 1. The molecule has 0 aliphatic carbocycles. The van der Waals surface area contributed by atoms with Crippen LogP contribution >= 0.6 is 0 Å². The second-order valence-electron chi connectivity index (χ2n) is 8.16. The molecule has 1 N–H and O–H groups in total. The first-order chi connectivity index (χ1) is 15.7. The molecule has 4 aromatic rings. The van der Waals surface area contributed by atoms with Gasteiger partial charge in [-0.25, -0.2) is 4.98 Å². The van der Waals surface area contributed by atoms with E-state index in [9.17, 15) is 4.79 Å². The smallest absolute Gasteiger partial charge is 0.219 e. The van der Waals surface area contributed by atoms with E-state index in [1.165, 1.54) is 5.56 Å². The number of fused-ring (bicyclic) bond motifs is 1. The minimum atomic E-state index is 0.0187. The van der Waals surface area contributed by atoms with Gasteiger partial charge in [-0.15, -0.1) is 0 Å². The molecule has 5 rings (SSSR count). The van der Waals surface area contributed by atoms with Gasteiger partial charge in [0.2, 0.25) is 5.91 Å². The largest absolute Gasteiger partial charge is 0.493 e. The van der Waals surface area contributed by atoms with E-state index >= 15 is 0 Å². The quantitative estimate of drug-likeness (QED) is 0.475. The van der Waals surface area contributed by atoms with E-state index in [2.05, 4.69) is 28.2 Å². The molecule has 1 amide bonds. The van der Waals surface area contributed by atoms with Crippen molar-refractivity contribution in [1.82, 2.24) is 19.9 Å². The Hall–Kier alpha value is -3.67. The van der Waals surface area contributed by atoms with E-state index in [1.54, 1.807) is 13.1 Å². The zero-order chi connectivity index (χ0) is 21.9. The lowest BCUT2D eigenvalue weighted by atomic mass is 10.0. The molecule has 2 aromatic heterocycles. The Morgan fingerprint density at radius 2 is 2.00 bits per heavy atom. The van der Waals surface area contributed by atoms with Crippen LogP contribution in [-0.2, 0) is 11.2 Å². The fourth-order valence-electron chi connectivity index (χ4n) is 4.45. The molecule has 0 radical (unpaired) electrons. The number of aromatic nitrogens is 3. The lowest BCUT2D eigenvalue weighted by Gasteiger charge is -2.25. The maximum Gasteiger partial charge on any atom is 0.219 e. The molecule has 1 aliphatic heterocycles. The summed E-state index contributed by atoms with van der Waals surface area (Å²) in [6, 6.07) is 20.2. The van der Waals surface area contributed by atoms with Crippen molar-refractivity contribution in [3.63, 3.8) is 0 Å². The molecule has 1 aliphatic rings. The predicted octanol–water partition coefficient (Wildman–Crippen LogP) is 4.93. The van der Waals surface area contributed by atoms with Crippen LogP contribution < -0.4 is 4.74 Å². The number of carbonyl (C=O) groups is 1. The number of benzene rings is 2. The third-order valence-electron chi connectivity index (χ3n) is 6.03. The van der Waals surface area contributed by atoms with Gasteiger partial charge < -0.3 is 14.6 Å². The van der Waals surface area contributed by atoms with E-state index in [-0.39, 0.29) is 11.9 Å². The zero-order valence-corrected chi connectivity index (χ0v) is 18.1. The van der Waals surface area contributed by atoms with Gasteiger partial charge in [0, 0.05) is 37.7 Å². The van der Waals surface area contributed by atoms with Crippen molar-refractivity contribution >= 4 is 16.9 Å². The summed E-state index contributed by atoms with van der Waals surface area (Å²) in [6.45, 7) is 2.98. The van der Waals surface area contributed by atoms with Gasteiger partial charge >= 0.3 is 0 Å². The van der Waals surface area contributed by atoms with Gasteiger partial charge in [-0.2, -0.15) is 0 Å². The average molecular weight is 427 g/mol. The number of ether oxygens (including phenoxy) is 1. The van der Waals surface area contributed by atoms with Crippen molar-refractivity contribution in [3.8, 4) is 17.3 Å². The predicted molar refractivity (Wildman–Crippen MR) is 124 cm³/mol. The second-order valence-corrected chi connectivity index (χ2v) is 8.16. The number of amides is 1. The van der Waals surface area contributed by atoms with E-state index in [1.807, 2.05) is 47.4 Å². The Kier molecular flexibility index (Phi) is 5.58. The summed E-state index contributed by atoms with van der Waals surface area (Å²) in [5.41, 5.74) is 4.82. The molecule has 0 saturated carbocycles. The topological polar surface area (TPSA) is 71.1 Å². The molecule has 3 heterocycles. The SMILES string of the molecule is CC(=O)N1CCCC1c1cc2[nH]c(-c3ccccn3)nc2cc1OCCc1ccccc1. The highest BCUT2D eigenvalue weighted by Gasteiger charge is 2.31.